The van der Waals surface area contributed by atoms with Crippen LogP contribution in [0.2, 0.25) is 0 Å². The fourth-order valence-electron chi connectivity index (χ4n) is 2.87. The summed E-state index contributed by atoms with van der Waals surface area (Å²) in [5.74, 6) is 0.0940. The molecule has 6 nitrogen and oxygen atoms in total. The second-order valence-corrected chi connectivity index (χ2v) is 6.15. The highest BCUT2D eigenvalue weighted by atomic mass is 32.1. The topological polar surface area (TPSA) is 72.1 Å². The molecule has 2 aromatic heterocycles. The van der Waals surface area contributed by atoms with Crippen LogP contribution in [0.25, 0.3) is 11.1 Å². The summed E-state index contributed by atoms with van der Waals surface area (Å²) < 4.78 is 22.7. The van der Waals surface area contributed by atoms with Gasteiger partial charge in [-0.3, -0.25) is 4.79 Å². The van der Waals surface area contributed by atoms with Crippen molar-refractivity contribution in [1.82, 2.24) is 19.5 Å². The molecule has 118 valence electrons. The zero-order valence-electron chi connectivity index (χ0n) is 12.1. The molecule has 4 rings (SSSR count). The lowest BCUT2D eigenvalue weighted by molar-refractivity contribution is 0.0693. The van der Waals surface area contributed by atoms with Gasteiger partial charge in [0.2, 0.25) is 0 Å². The normalized spacial score (nSPS) is 18.5. The lowest BCUT2D eigenvalue weighted by Gasteiger charge is -2.30. The molecule has 1 amide bonds. The summed E-state index contributed by atoms with van der Waals surface area (Å²) >= 11 is 1.16. The van der Waals surface area contributed by atoms with Gasteiger partial charge in [-0.15, -0.1) is 5.10 Å². The molecular formula is C15H13FN4O2S. The Morgan fingerprint density at radius 1 is 1.43 bits per heavy atom. The van der Waals surface area contributed by atoms with Crippen molar-refractivity contribution >= 4 is 28.5 Å². The van der Waals surface area contributed by atoms with Gasteiger partial charge in [0.1, 0.15) is 11.3 Å². The minimum absolute atomic E-state index is 0.00903. The number of halogens is 1. The van der Waals surface area contributed by atoms with Crippen LogP contribution < -0.4 is 0 Å². The Labute approximate surface area is 135 Å². The van der Waals surface area contributed by atoms with E-state index in [-0.39, 0.29) is 17.6 Å². The number of aromatic nitrogens is 3. The van der Waals surface area contributed by atoms with Crippen molar-refractivity contribution in [2.24, 2.45) is 0 Å². The summed E-state index contributed by atoms with van der Waals surface area (Å²) in [5, 5.41) is 5.48. The number of benzene rings is 1. The first-order valence-corrected chi connectivity index (χ1v) is 8.16. The number of oxazole rings is 1. The van der Waals surface area contributed by atoms with E-state index in [4.69, 9.17) is 4.42 Å². The third-order valence-electron chi connectivity index (χ3n) is 4.00. The SMILES string of the molecule is O=C(c1csnn1)N1CCC[C@H](c2nc3ccc(F)cc3o2)C1. The van der Waals surface area contributed by atoms with E-state index in [0.717, 1.165) is 24.4 Å². The lowest BCUT2D eigenvalue weighted by Crippen LogP contribution is -2.39. The zero-order chi connectivity index (χ0) is 15.8. The molecule has 0 radical (unpaired) electrons. The highest BCUT2D eigenvalue weighted by molar-refractivity contribution is 7.03. The molecule has 1 aliphatic rings. The van der Waals surface area contributed by atoms with Gasteiger partial charge in [0.05, 0.1) is 5.92 Å². The number of carbonyl (C=O) groups excluding carboxylic acids is 1. The fraction of sp³-hybridized carbons (Fsp3) is 0.333. The molecule has 1 fully saturated rings. The number of amides is 1. The van der Waals surface area contributed by atoms with E-state index < -0.39 is 0 Å². The first-order chi connectivity index (χ1) is 11.2. The van der Waals surface area contributed by atoms with Crippen molar-refractivity contribution in [3.63, 3.8) is 0 Å². The molecule has 1 aromatic carbocycles. The van der Waals surface area contributed by atoms with Crippen LogP contribution in [-0.4, -0.2) is 38.5 Å². The van der Waals surface area contributed by atoms with Crippen molar-refractivity contribution in [3.8, 4) is 0 Å². The van der Waals surface area contributed by atoms with Crippen LogP contribution in [0.4, 0.5) is 4.39 Å². The van der Waals surface area contributed by atoms with E-state index in [0.29, 0.717) is 35.8 Å². The predicted molar refractivity (Wildman–Crippen MR) is 81.8 cm³/mol. The molecule has 1 atom stereocenters. The monoisotopic (exact) mass is 332 g/mol. The van der Waals surface area contributed by atoms with Crippen molar-refractivity contribution in [2.75, 3.05) is 13.1 Å². The smallest absolute Gasteiger partial charge is 0.275 e. The quantitative estimate of drug-likeness (QED) is 0.721. The summed E-state index contributed by atoms with van der Waals surface area (Å²) in [5.41, 5.74) is 1.44. The van der Waals surface area contributed by atoms with Crippen molar-refractivity contribution in [3.05, 3.63) is 41.0 Å². The molecule has 0 unspecified atom stereocenters. The molecule has 0 bridgehead atoms. The van der Waals surface area contributed by atoms with E-state index in [1.807, 2.05) is 0 Å². The zero-order valence-corrected chi connectivity index (χ0v) is 12.9. The van der Waals surface area contributed by atoms with E-state index in [1.165, 1.54) is 12.1 Å². The van der Waals surface area contributed by atoms with Gasteiger partial charge in [0.25, 0.3) is 5.91 Å². The van der Waals surface area contributed by atoms with Gasteiger partial charge < -0.3 is 9.32 Å². The summed E-state index contributed by atoms with van der Waals surface area (Å²) in [7, 11) is 0. The second kappa shape index (κ2) is 5.69. The third-order valence-corrected chi connectivity index (χ3v) is 4.51. The summed E-state index contributed by atoms with van der Waals surface area (Å²) in [4.78, 5) is 18.6. The Morgan fingerprint density at radius 2 is 2.35 bits per heavy atom. The van der Waals surface area contributed by atoms with Crippen LogP contribution in [0.5, 0.6) is 0 Å². The number of carbonyl (C=O) groups is 1. The van der Waals surface area contributed by atoms with E-state index >= 15 is 0 Å². The van der Waals surface area contributed by atoms with Crippen LogP contribution >= 0.6 is 11.5 Å². The van der Waals surface area contributed by atoms with Crippen LogP contribution in [0.3, 0.4) is 0 Å². The summed E-state index contributed by atoms with van der Waals surface area (Å²) in [6.45, 7) is 1.20. The molecule has 0 saturated carbocycles. The number of piperidine rings is 1. The number of hydrogen-bond acceptors (Lipinski definition) is 6. The van der Waals surface area contributed by atoms with Crippen LogP contribution in [-0.2, 0) is 0 Å². The number of nitrogens with zero attached hydrogens (tertiary/aromatic N) is 4. The third kappa shape index (κ3) is 2.70. The van der Waals surface area contributed by atoms with Crippen LogP contribution in [0, 0.1) is 5.82 Å². The molecule has 1 saturated heterocycles. The fourth-order valence-corrected chi connectivity index (χ4v) is 3.30. The standard InChI is InChI=1S/C15H13FN4O2S/c16-10-3-4-11-13(6-10)22-14(17-11)9-2-1-5-20(7-9)15(21)12-8-23-19-18-12/h3-4,6,8-9H,1-2,5,7H2/t9-/m0/s1. The molecule has 0 aliphatic carbocycles. The minimum atomic E-state index is -0.350. The Morgan fingerprint density at radius 3 is 3.17 bits per heavy atom. The molecule has 3 heterocycles. The number of likely N-dealkylation sites (tertiary alicyclic amines) is 1. The summed E-state index contributed by atoms with van der Waals surface area (Å²) in [6.07, 6.45) is 1.75. The highest BCUT2D eigenvalue weighted by Crippen LogP contribution is 2.29. The van der Waals surface area contributed by atoms with Gasteiger partial charge in [-0.05, 0) is 36.5 Å². The van der Waals surface area contributed by atoms with Gasteiger partial charge in [0.15, 0.2) is 17.2 Å². The highest BCUT2D eigenvalue weighted by Gasteiger charge is 2.29. The Kier molecular flexibility index (Phi) is 3.53. The number of rotatable bonds is 2. The van der Waals surface area contributed by atoms with Crippen LogP contribution in [0.1, 0.15) is 35.1 Å². The minimum Gasteiger partial charge on any atom is -0.440 e. The predicted octanol–water partition coefficient (Wildman–Crippen LogP) is 2.84. The van der Waals surface area contributed by atoms with E-state index in [1.54, 1.807) is 16.3 Å². The first kappa shape index (κ1) is 14.3. The molecule has 0 N–H and O–H groups in total. The average Bonchev–Trinajstić information content (AvgIpc) is 3.23. The van der Waals surface area contributed by atoms with Gasteiger partial charge in [-0.25, -0.2) is 9.37 Å². The maximum Gasteiger partial charge on any atom is 0.275 e. The molecule has 8 heteroatoms. The average molecular weight is 332 g/mol. The lowest BCUT2D eigenvalue weighted by atomic mass is 9.98. The number of hydrogen-bond donors (Lipinski definition) is 0. The van der Waals surface area contributed by atoms with E-state index in [2.05, 4.69) is 14.6 Å². The van der Waals surface area contributed by atoms with E-state index in [9.17, 15) is 9.18 Å². The van der Waals surface area contributed by atoms with Crippen molar-refractivity contribution in [1.29, 1.82) is 0 Å². The maximum atomic E-state index is 13.3. The largest absolute Gasteiger partial charge is 0.440 e. The van der Waals surface area contributed by atoms with Gasteiger partial charge >= 0.3 is 0 Å². The molecule has 1 aliphatic heterocycles. The maximum absolute atomic E-state index is 13.3. The summed E-state index contributed by atoms with van der Waals surface area (Å²) in [6, 6.07) is 4.30. The molecular weight excluding hydrogens is 319 g/mol. The first-order valence-electron chi connectivity index (χ1n) is 7.33. The van der Waals surface area contributed by atoms with Crippen molar-refractivity contribution < 1.29 is 13.6 Å². The van der Waals surface area contributed by atoms with Crippen LogP contribution in [0.15, 0.2) is 28.0 Å². The van der Waals surface area contributed by atoms with Crippen molar-refractivity contribution in [2.45, 2.75) is 18.8 Å². The van der Waals surface area contributed by atoms with Gasteiger partial charge in [0, 0.05) is 24.5 Å². The molecule has 3 aromatic rings. The Hall–Kier alpha value is -2.35. The Balaban J connectivity index is 1.57. The number of fused-ring (bicyclic) bond motifs is 1. The Bertz CT molecular complexity index is 848. The van der Waals surface area contributed by atoms with Gasteiger partial charge in [-0.2, -0.15) is 0 Å². The molecule has 0 spiro atoms. The molecule has 23 heavy (non-hydrogen) atoms. The second-order valence-electron chi connectivity index (χ2n) is 5.54. The van der Waals surface area contributed by atoms with Gasteiger partial charge in [-0.1, -0.05) is 4.49 Å².